The van der Waals surface area contributed by atoms with Crippen molar-refractivity contribution in [3.8, 4) is 0 Å². The fourth-order valence-corrected chi connectivity index (χ4v) is 6.26. The van der Waals surface area contributed by atoms with E-state index in [4.69, 9.17) is 11.8 Å². The molecule has 1 unspecified atom stereocenters. The molecule has 2 nitrogen and oxygen atoms in total. The Morgan fingerprint density at radius 1 is 1.05 bits per heavy atom. The minimum atomic E-state index is -1.93. The van der Waals surface area contributed by atoms with E-state index in [0.29, 0.717) is 0 Å². The number of nitrogens with one attached hydrogen (secondary N) is 1. The van der Waals surface area contributed by atoms with Gasteiger partial charge in [0.05, 0.1) is 11.4 Å². The van der Waals surface area contributed by atoms with Gasteiger partial charge in [0.15, 0.2) is 6.34 Å². The van der Waals surface area contributed by atoms with Crippen LogP contribution in [0.1, 0.15) is 19.8 Å². The lowest BCUT2D eigenvalue weighted by atomic mass is 10.2. The van der Waals surface area contributed by atoms with Crippen LogP contribution in [0.3, 0.4) is 0 Å². The van der Waals surface area contributed by atoms with Gasteiger partial charge in [-0.1, -0.05) is 55.8 Å². The number of anilines is 2. The average molecular weight is 302 g/mol. The van der Waals surface area contributed by atoms with Gasteiger partial charge in [-0.3, -0.25) is 0 Å². The molecule has 104 valence electrons. The summed E-state index contributed by atoms with van der Waals surface area (Å²) >= 11 is 6.10. The van der Waals surface area contributed by atoms with Crippen LogP contribution in [-0.2, 0) is 11.8 Å². The second-order valence-electron chi connectivity index (χ2n) is 5.02. The topological polar surface area (TPSA) is 15.3 Å². The Hall–Kier alpha value is -1.31. The van der Waals surface area contributed by atoms with E-state index in [9.17, 15) is 0 Å². The molecular weight excluding hydrogens is 283 g/mol. The predicted molar refractivity (Wildman–Crippen MR) is 92.7 cm³/mol. The van der Waals surface area contributed by atoms with Crippen molar-refractivity contribution in [2.75, 3.05) is 16.3 Å². The highest BCUT2D eigenvalue weighted by molar-refractivity contribution is 8.19. The Kier molecular flexibility index (Phi) is 3.82. The van der Waals surface area contributed by atoms with E-state index in [2.05, 4.69) is 65.2 Å². The molecule has 0 spiro atoms. The number of benzene rings is 2. The number of fused-ring (bicyclic) bond motifs is 1. The zero-order valence-corrected chi connectivity index (χ0v) is 13.3. The molecule has 1 heterocycles. The molecule has 0 radical (unpaired) electrons. The highest BCUT2D eigenvalue weighted by atomic mass is 32.4. The molecule has 0 saturated carbocycles. The van der Waals surface area contributed by atoms with Gasteiger partial charge in [-0.05, 0) is 30.4 Å². The van der Waals surface area contributed by atoms with E-state index in [-0.39, 0.29) is 0 Å². The van der Waals surface area contributed by atoms with Gasteiger partial charge in [0.25, 0.3) is 0 Å². The van der Waals surface area contributed by atoms with Crippen LogP contribution in [0.2, 0.25) is 0 Å². The number of nitrogens with zero attached hydrogens (tertiary/aromatic N) is 1. The van der Waals surface area contributed by atoms with E-state index in [1.54, 1.807) is 0 Å². The van der Waals surface area contributed by atoms with E-state index < -0.39 is 6.34 Å². The largest absolute Gasteiger partial charge is 0.337 e. The van der Waals surface area contributed by atoms with Gasteiger partial charge in [0.2, 0.25) is 0 Å². The van der Waals surface area contributed by atoms with Crippen LogP contribution in [0, 0.1) is 0 Å². The van der Waals surface area contributed by atoms with Crippen molar-refractivity contribution in [1.29, 1.82) is 0 Å². The van der Waals surface area contributed by atoms with Crippen molar-refractivity contribution in [2.24, 2.45) is 0 Å². The molecule has 0 aliphatic carbocycles. The fraction of sp³-hybridized carbons (Fsp3) is 0.250. The smallest absolute Gasteiger partial charge is 0.151 e. The highest BCUT2D eigenvalue weighted by Gasteiger charge is 2.35. The molecule has 4 heteroatoms. The number of hydrogen-bond donors (Lipinski definition) is 1. The standard InChI is InChI=1S/C16H19N2PS/c1-2-3-13-18-16-12-8-7-11-15(16)17-19(18,20)14-9-5-4-6-10-14/h4-12H,2-3,13H2,1H3,(H,17,20). The lowest BCUT2D eigenvalue weighted by Crippen LogP contribution is -2.25. The lowest BCUT2D eigenvalue weighted by molar-refractivity contribution is 0.808. The SMILES string of the molecule is CCCCN1c2ccccc2NP1(=S)c1ccccc1. The molecule has 0 saturated heterocycles. The summed E-state index contributed by atoms with van der Waals surface area (Å²) < 4.78 is 2.43. The van der Waals surface area contributed by atoms with Gasteiger partial charge in [0, 0.05) is 11.8 Å². The van der Waals surface area contributed by atoms with Crippen molar-refractivity contribution < 1.29 is 0 Å². The third kappa shape index (κ3) is 2.25. The van der Waals surface area contributed by atoms with Crippen molar-refractivity contribution >= 4 is 34.8 Å². The second kappa shape index (κ2) is 5.59. The first-order valence-electron chi connectivity index (χ1n) is 7.06. The summed E-state index contributed by atoms with van der Waals surface area (Å²) in [5.41, 5.74) is 2.43. The Bertz CT molecular complexity index is 642. The molecular formula is C16H19N2PS. The summed E-state index contributed by atoms with van der Waals surface area (Å²) in [6, 6.07) is 19.0. The summed E-state index contributed by atoms with van der Waals surface area (Å²) in [5, 5.41) is 4.88. The molecule has 1 N–H and O–H groups in total. The minimum Gasteiger partial charge on any atom is -0.337 e. The normalized spacial score (nSPS) is 20.6. The van der Waals surface area contributed by atoms with Crippen LogP contribution in [0.25, 0.3) is 0 Å². The predicted octanol–water partition coefficient (Wildman–Crippen LogP) is 4.35. The Morgan fingerprint density at radius 2 is 1.75 bits per heavy atom. The number of para-hydroxylation sites is 2. The molecule has 2 aromatic rings. The quantitative estimate of drug-likeness (QED) is 0.845. The molecule has 1 aliphatic heterocycles. The molecule has 3 rings (SSSR count). The molecule has 0 fully saturated rings. The Morgan fingerprint density at radius 3 is 2.50 bits per heavy atom. The molecule has 0 bridgehead atoms. The van der Waals surface area contributed by atoms with Crippen LogP contribution in [0.5, 0.6) is 0 Å². The van der Waals surface area contributed by atoms with Gasteiger partial charge in [0.1, 0.15) is 0 Å². The van der Waals surface area contributed by atoms with E-state index >= 15 is 0 Å². The van der Waals surface area contributed by atoms with Gasteiger partial charge in [-0.25, -0.2) is 0 Å². The summed E-state index contributed by atoms with van der Waals surface area (Å²) in [6.07, 6.45) is 0.424. The van der Waals surface area contributed by atoms with Crippen molar-refractivity contribution in [3.05, 3.63) is 54.6 Å². The van der Waals surface area contributed by atoms with Crippen LogP contribution in [-0.4, -0.2) is 6.54 Å². The molecule has 0 amide bonds. The van der Waals surface area contributed by atoms with Gasteiger partial charge < -0.3 is 9.76 Å². The average Bonchev–Trinajstić information content (AvgIpc) is 2.79. The highest BCUT2D eigenvalue weighted by Crippen LogP contribution is 2.59. The molecule has 0 aromatic heterocycles. The van der Waals surface area contributed by atoms with Crippen molar-refractivity contribution in [1.82, 2.24) is 0 Å². The first kappa shape index (κ1) is 13.7. The molecule has 20 heavy (non-hydrogen) atoms. The maximum atomic E-state index is 6.10. The molecule has 1 aliphatic rings. The number of unbranched alkanes of at least 4 members (excludes halogenated alkanes) is 1. The number of rotatable bonds is 4. The van der Waals surface area contributed by atoms with E-state index in [1.807, 2.05) is 6.07 Å². The third-order valence-corrected chi connectivity index (χ3v) is 7.76. The van der Waals surface area contributed by atoms with E-state index in [0.717, 1.165) is 6.54 Å². The monoisotopic (exact) mass is 302 g/mol. The Balaban J connectivity index is 2.05. The van der Waals surface area contributed by atoms with Crippen LogP contribution >= 0.6 is 6.34 Å². The van der Waals surface area contributed by atoms with Gasteiger partial charge in [-0.15, -0.1) is 0 Å². The Labute approximate surface area is 125 Å². The first-order chi connectivity index (χ1) is 9.75. The summed E-state index contributed by atoms with van der Waals surface area (Å²) in [6.45, 7) is 3.24. The molecule has 2 aromatic carbocycles. The zero-order chi connectivity index (χ0) is 14.0. The minimum absolute atomic E-state index is 1.02. The summed E-state index contributed by atoms with van der Waals surface area (Å²) in [7, 11) is 0. The summed E-state index contributed by atoms with van der Waals surface area (Å²) in [4.78, 5) is 0. The van der Waals surface area contributed by atoms with Crippen LogP contribution in [0.4, 0.5) is 11.4 Å². The number of hydrogen-bond acceptors (Lipinski definition) is 1. The maximum absolute atomic E-state index is 6.10. The first-order valence-corrected chi connectivity index (χ1v) is 9.82. The van der Waals surface area contributed by atoms with Crippen LogP contribution < -0.4 is 15.1 Å². The zero-order valence-electron chi connectivity index (χ0n) is 11.6. The maximum Gasteiger partial charge on any atom is 0.151 e. The van der Waals surface area contributed by atoms with Crippen LogP contribution in [0.15, 0.2) is 54.6 Å². The molecule has 1 atom stereocenters. The fourth-order valence-electron chi connectivity index (χ4n) is 2.57. The van der Waals surface area contributed by atoms with E-state index in [1.165, 1.54) is 29.5 Å². The van der Waals surface area contributed by atoms with Crippen molar-refractivity contribution in [3.63, 3.8) is 0 Å². The second-order valence-corrected chi connectivity index (χ2v) is 8.98. The lowest BCUT2D eigenvalue weighted by Gasteiger charge is -2.30. The third-order valence-electron chi connectivity index (χ3n) is 3.62. The summed E-state index contributed by atoms with van der Waals surface area (Å²) in [5.74, 6) is 0. The van der Waals surface area contributed by atoms with Gasteiger partial charge in [-0.2, -0.15) is 0 Å². The van der Waals surface area contributed by atoms with Crippen molar-refractivity contribution in [2.45, 2.75) is 19.8 Å². The van der Waals surface area contributed by atoms with Gasteiger partial charge >= 0.3 is 0 Å².